The fourth-order valence-electron chi connectivity index (χ4n) is 3.14. The van der Waals surface area contributed by atoms with Crippen LogP contribution in [-0.2, 0) is 6.42 Å². The third-order valence-electron chi connectivity index (χ3n) is 4.47. The van der Waals surface area contributed by atoms with Gasteiger partial charge in [0, 0.05) is 29.2 Å². The summed E-state index contributed by atoms with van der Waals surface area (Å²) in [5.41, 5.74) is 4.33. The Kier molecular flexibility index (Phi) is 5.01. The molecule has 2 N–H and O–H groups in total. The molecule has 0 bridgehead atoms. The minimum Gasteiger partial charge on any atom is -0.494 e. The quantitative estimate of drug-likeness (QED) is 0.504. The molecule has 0 spiro atoms. The fraction of sp³-hybridized carbons (Fsp3) is 0.182. The van der Waals surface area contributed by atoms with Crippen LogP contribution in [0.3, 0.4) is 0 Å². The lowest BCUT2D eigenvalue weighted by Gasteiger charge is -2.08. The van der Waals surface area contributed by atoms with Crippen molar-refractivity contribution in [3.8, 4) is 17.0 Å². The Labute approximate surface area is 158 Å². The first-order chi connectivity index (χ1) is 13.3. The molecular formula is C22H22N4O. The lowest BCUT2D eigenvalue weighted by atomic mass is 10.1. The molecule has 5 nitrogen and oxygen atoms in total. The van der Waals surface area contributed by atoms with Crippen LogP contribution in [0, 0.1) is 0 Å². The molecule has 2 aromatic carbocycles. The number of aromatic amines is 1. The molecule has 2 heterocycles. The van der Waals surface area contributed by atoms with Gasteiger partial charge in [-0.25, -0.2) is 4.98 Å². The highest BCUT2D eigenvalue weighted by molar-refractivity contribution is 5.83. The van der Waals surface area contributed by atoms with Gasteiger partial charge in [-0.1, -0.05) is 18.2 Å². The largest absolute Gasteiger partial charge is 0.494 e. The molecule has 0 amide bonds. The summed E-state index contributed by atoms with van der Waals surface area (Å²) in [6.07, 6.45) is 6.53. The van der Waals surface area contributed by atoms with E-state index in [4.69, 9.17) is 4.74 Å². The first-order valence-electron chi connectivity index (χ1n) is 9.17. The fourth-order valence-corrected chi connectivity index (χ4v) is 3.14. The molecule has 0 saturated carbocycles. The smallest absolute Gasteiger partial charge is 0.145 e. The number of anilines is 1. The van der Waals surface area contributed by atoms with E-state index in [-0.39, 0.29) is 0 Å². The number of aromatic nitrogens is 3. The number of fused-ring (bicyclic) bond motifs is 1. The number of nitrogens with zero attached hydrogens (tertiary/aromatic N) is 2. The minimum atomic E-state index is 0.662. The highest BCUT2D eigenvalue weighted by Crippen LogP contribution is 2.22. The Morgan fingerprint density at radius 3 is 2.74 bits per heavy atom. The Balaban J connectivity index is 1.42. The van der Waals surface area contributed by atoms with Gasteiger partial charge >= 0.3 is 0 Å². The van der Waals surface area contributed by atoms with E-state index in [1.165, 1.54) is 16.5 Å². The molecule has 0 aliphatic rings. The monoisotopic (exact) mass is 358 g/mol. The van der Waals surface area contributed by atoms with Crippen LogP contribution in [0.5, 0.6) is 5.75 Å². The van der Waals surface area contributed by atoms with E-state index in [9.17, 15) is 0 Å². The first kappa shape index (κ1) is 17.1. The summed E-state index contributed by atoms with van der Waals surface area (Å²) in [5, 5.41) is 4.65. The third kappa shape index (κ3) is 3.92. The number of rotatable bonds is 7. The molecule has 136 valence electrons. The van der Waals surface area contributed by atoms with Crippen molar-refractivity contribution in [2.75, 3.05) is 18.5 Å². The SMILES string of the molecule is CCOc1ccc(-c2cncc(NCCc3c[nH]c4ccccc34)n2)cc1. The van der Waals surface area contributed by atoms with Gasteiger partial charge in [0.15, 0.2) is 0 Å². The van der Waals surface area contributed by atoms with Crippen molar-refractivity contribution in [3.05, 3.63) is 72.7 Å². The maximum atomic E-state index is 5.49. The topological polar surface area (TPSA) is 62.8 Å². The van der Waals surface area contributed by atoms with Gasteiger partial charge in [0.2, 0.25) is 0 Å². The second-order valence-electron chi connectivity index (χ2n) is 6.28. The molecule has 0 aliphatic heterocycles. The highest BCUT2D eigenvalue weighted by atomic mass is 16.5. The van der Waals surface area contributed by atoms with Crippen LogP contribution in [0.2, 0.25) is 0 Å². The second-order valence-corrected chi connectivity index (χ2v) is 6.28. The van der Waals surface area contributed by atoms with Crippen molar-refractivity contribution in [2.24, 2.45) is 0 Å². The lowest BCUT2D eigenvalue weighted by molar-refractivity contribution is 0.340. The van der Waals surface area contributed by atoms with Gasteiger partial charge in [-0.3, -0.25) is 4.98 Å². The molecule has 0 unspecified atom stereocenters. The standard InChI is InChI=1S/C22H22N4O/c1-2-27-18-9-7-16(8-10-18)21-14-23-15-22(26-21)24-12-11-17-13-25-20-6-4-3-5-19(17)20/h3-10,13-15,25H,2,11-12H2,1H3,(H,24,26). The summed E-state index contributed by atoms with van der Waals surface area (Å²) in [5.74, 6) is 1.64. The molecule has 5 heteroatoms. The average Bonchev–Trinajstić information content (AvgIpc) is 3.12. The van der Waals surface area contributed by atoms with E-state index in [1.807, 2.05) is 37.3 Å². The maximum Gasteiger partial charge on any atom is 0.145 e. The zero-order chi connectivity index (χ0) is 18.5. The molecular weight excluding hydrogens is 336 g/mol. The maximum absolute atomic E-state index is 5.49. The van der Waals surface area contributed by atoms with E-state index in [0.717, 1.165) is 35.8 Å². The predicted molar refractivity (Wildman–Crippen MR) is 109 cm³/mol. The van der Waals surface area contributed by atoms with Crippen LogP contribution < -0.4 is 10.1 Å². The molecule has 4 aromatic rings. The first-order valence-corrected chi connectivity index (χ1v) is 9.17. The van der Waals surface area contributed by atoms with Crippen molar-refractivity contribution in [2.45, 2.75) is 13.3 Å². The van der Waals surface area contributed by atoms with Gasteiger partial charge in [0.1, 0.15) is 11.6 Å². The Morgan fingerprint density at radius 1 is 1.04 bits per heavy atom. The van der Waals surface area contributed by atoms with Crippen LogP contribution in [0.15, 0.2) is 67.1 Å². The summed E-state index contributed by atoms with van der Waals surface area (Å²) >= 11 is 0. The second kappa shape index (κ2) is 7.91. The van der Waals surface area contributed by atoms with Crippen molar-refractivity contribution in [1.29, 1.82) is 0 Å². The van der Waals surface area contributed by atoms with E-state index in [1.54, 1.807) is 12.4 Å². The minimum absolute atomic E-state index is 0.662. The van der Waals surface area contributed by atoms with Gasteiger partial charge in [-0.2, -0.15) is 0 Å². The Morgan fingerprint density at radius 2 is 1.89 bits per heavy atom. The molecule has 0 saturated heterocycles. The average molecular weight is 358 g/mol. The van der Waals surface area contributed by atoms with Crippen LogP contribution in [0.1, 0.15) is 12.5 Å². The summed E-state index contributed by atoms with van der Waals surface area (Å²) in [6, 6.07) is 16.3. The van der Waals surface area contributed by atoms with Crippen LogP contribution in [-0.4, -0.2) is 28.1 Å². The van der Waals surface area contributed by atoms with Gasteiger partial charge in [0.25, 0.3) is 0 Å². The summed E-state index contributed by atoms with van der Waals surface area (Å²) in [7, 11) is 0. The van der Waals surface area contributed by atoms with E-state index in [0.29, 0.717) is 6.61 Å². The van der Waals surface area contributed by atoms with Crippen LogP contribution in [0.25, 0.3) is 22.2 Å². The number of benzene rings is 2. The number of hydrogen-bond acceptors (Lipinski definition) is 4. The molecule has 2 aromatic heterocycles. The Bertz CT molecular complexity index is 1020. The van der Waals surface area contributed by atoms with Gasteiger partial charge in [-0.15, -0.1) is 0 Å². The van der Waals surface area contributed by atoms with Crippen molar-refractivity contribution < 1.29 is 4.74 Å². The Hall–Kier alpha value is -3.34. The number of H-pyrrole nitrogens is 1. The lowest BCUT2D eigenvalue weighted by Crippen LogP contribution is -2.06. The van der Waals surface area contributed by atoms with Crippen molar-refractivity contribution >= 4 is 16.7 Å². The molecule has 4 rings (SSSR count). The van der Waals surface area contributed by atoms with Crippen LogP contribution in [0.4, 0.5) is 5.82 Å². The molecule has 27 heavy (non-hydrogen) atoms. The third-order valence-corrected chi connectivity index (χ3v) is 4.47. The summed E-state index contributed by atoms with van der Waals surface area (Å²) < 4.78 is 5.49. The summed E-state index contributed by atoms with van der Waals surface area (Å²) in [6.45, 7) is 3.43. The van der Waals surface area contributed by atoms with E-state index in [2.05, 4.69) is 44.7 Å². The van der Waals surface area contributed by atoms with E-state index < -0.39 is 0 Å². The number of hydrogen-bond donors (Lipinski definition) is 2. The van der Waals surface area contributed by atoms with Crippen molar-refractivity contribution in [1.82, 2.24) is 15.0 Å². The van der Waals surface area contributed by atoms with Gasteiger partial charge in [0.05, 0.1) is 24.7 Å². The zero-order valence-electron chi connectivity index (χ0n) is 15.3. The van der Waals surface area contributed by atoms with Crippen LogP contribution >= 0.6 is 0 Å². The normalized spacial score (nSPS) is 10.9. The molecule has 0 aliphatic carbocycles. The number of para-hydroxylation sites is 1. The molecule has 0 radical (unpaired) electrons. The zero-order valence-corrected chi connectivity index (χ0v) is 15.3. The predicted octanol–water partition coefficient (Wildman–Crippen LogP) is 4.68. The molecule has 0 fully saturated rings. The van der Waals surface area contributed by atoms with Crippen molar-refractivity contribution in [3.63, 3.8) is 0 Å². The molecule has 0 atom stereocenters. The summed E-state index contributed by atoms with van der Waals surface area (Å²) in [4.78, 5) is 12.3. The number of nitrogens with one attached hydrogen (secondary N) is 2. The highest BCUT2D eigenvalue weighted by Gasteiger charge is 2.05. The van der Waals surface area contributed by atoms with Gasteiger partial charge < -0.3 is 15.0 Å². The van der Waals surface area contributed by atoms with Gasteiger partial charge in [-0.05, 0) is 49.2 Å². The number of ether oxygens (including phenoxy) is 1. The van der Waals surface area contributed by atoms with E-state index >= 15 is 0 Å².